The van der Waals surface area contributed by atoms with Gasteiger partial charge in [-0.2, -0.15) is 11.8 Å². The second-order valence-electron chi connectivity index (χ2n) is 3.70. The van der Waals surface area contributed by atoms with Gasteiger partial charge in [-0.3, -0.25) is 0 Å². The highest BCUT2D eigenvalue weighted by Gasteiger charge is 2.34. The highest BCUT2D eigenvalue weighted by atomic mass is 35.5. The Morgan fingerprint density at radius 1 is 1.62 bits per heavy atom. The second kappa shape index (κ2) is 3.68. The average Bonchev–Trinajstić information content (AvgIpc) is 2.06. The van der Waals surface area contributed by atoms with E-state index in [0.717, 1.165) is 11.5 Å². The highest BCUT2D eigenvalue weighted by Crippen LogP contribution is 2.40. The minimum Gasteiger partial charge on any atom is -0.392 e. The maximum atomic E-state index is 9.84. The molecule has 72 valence electrons. The van der Waals surface area contributed by atoms with Crippen LogP contribution in [0.2, 0.25) is 0 Å². The Hall–Kier alpha value is 0.0800. The molecule has 1 N–H and O–H groups in total. The number of allylic oxidation sites excluding steroid dienone is 2. The molecule has 2 aliphatic rings. The van der Waals surface area contributed by atoms with Crippen LogP contribution in [0.1, 0.15) is 13.3 Å². The molecular formula is C10H13ClOS. The van der Waals surface area contributed by atoms with Gasteiger partial charge >= 0.3 is 0 Å². The van der Waals surface area contributed by atoms with Crippen LogP contribution in [0.15, 0.2) is 23.3 Å². The summed E-state index contributed by atoms with van der Waals surface area (Å²) in [6.45, 7) is 2.16. The van der Waals surface area contributed by atoms with Crippen molar-refractivity contribution in [3.8, 4) is 0 Å². The molecule has 3 heteroatoms. The number of fused-ring (bicyclic) bond motifs is 1. The minimum absolute atomic E-state index is 0.221. The van der Waals surface area contributed by atoms with E-state index in [2.05, 4.69) is 13.0 Å². The summed E-state index contributed by atoms with van der Waals surface area (Å²) in [5.41, 5.74) is 0. The van der Waals surface area contributed by atoms with Crippen LogP contribution in [-0.4, -0.2) is 21.7 Å². The molecule has 0 unspecified atom stereocenters. The van der Waals surface area contributed by atoms with Crippen molar-refractivity contribution in [2.75, 3.05) is 0 Å². The lowest BCUT2D eigenvalue weighted by atomic mass is 9.91. The van der Waals surface area contributed by atoms with Crippen LogP contribution < -0.4 is 0 Å². The van der Waals surface area contributed by atoms with E-state index in [1.165, 1.54) is 0 Å². The van der Waals surface area contributed by atoms with Gasteiger partial charge in [0, 0.05) is 21.5 Å². The fraction of sp³-hybridized carbons (Fsp3) is 0.600. The molecule has 4 atom stereocenters. The highest BCUT2D eigenvalue weighted by molar-refractivity contribution is 8.00. The van der Waals surface area contributed by atoms with Crippen molar-refractivity contribution in [2.24, 2.45) is 5.92 Å². The summed E-state index contributed by atoms with van der Waals surface area (Å²) < 4.78 is 0. The van der Waals surface area contributed by atoms with Crippen LogP contribution in [-0.2, 0) is 0 Å². The largest absolute Gasteiger partial charge is 0.392 e. The number of halogens is 1. The molecule has 1 saturated heterocycles. The Morgan fingerprint density at radius 3 is 3.15 bits per heavy atom. The molecule has 0 amide bonds. The zero-order valence-electron chi connectivity index (χ0n) is 7.48. The third-order valence-electron chi connectivity index (χ3n) is 2.58. The fourth-order valence-electron chi connectivity index (χ4n) is 1.94. The van der Waals surface area contributed by atoms with E-state index in [1.54, 1.807) is 0 Å². The first kappa shape index (κ1) is 9.63. The Kier molecular flexibility index (Phi) is 2.72. The molecule has 0 aromatic carbocycles. The molecule has 1 heterocycles. The summed E-state index contributed by atoms with van der Waals surface area (Å²) in [5, 5.41) is 11.6. The number of hydrogen-bond donors (Lipinski definition) is 1. The number of rotatable bonds is 0. The second-order valence-corrected chi connectivity index (χ2v) is 5.76. The smallest absolute Gasteiger partial charge is 0.0627 e. The van der Waals surface area contributed by atoms with Gasteiger partial charge in [-0.1, -0.05) is 30.7 Å². The molecule has 1 nitrogen and oxygen atoms in total. The van der Waals surface area contributed by atoms with Crippen molar-refractivity contribution in [3.05, 3.63) is 23.3 Å². The summed E-state index contributed by atoms with van der Waals surface area (Å²) in [4.78, 5) is 0. The van der Waals surface area contributed by atoms with Crippen molar-refractivity contribution >= 4 is 23.4 Å². The molecule has 0 bridgehead atoms. The summed E-state index contributed by atoms with van der Waals surface area (Å²) in [6, 6.07) is 0. The van der Waals surface area contributed by atoms with Gasteiger partial charge in [-0.15, -0.1) is 0 Å². The van der Waals surface area contributed by atoms with Gasteiger partial charge in [0.25, 0.3) is 0 Å². The third-order valence-corrected chi connectivity index (χ3v) is 4.28. The molecule has 0 spiro atoms. The van der Waals surface area contributed by atoms with E-state index in [-0.39, 0.29) is 12.0 Å². The molecule has 2 rings (SSSR count). The van der Waals surface area contributed by atoms with Crippen molar-refractivity contribution < 1.29 is 5.11 Å². The van der Waals surface area contributed by atoms with Crippen LogP contribution >= 0.6 is 23.4 Å². The quantitative estimate of drug-likeness (QED) is 0.672. The van der Waals surface area contributed by atoms with Crippen molar-refractivity contribution in [1.82, 2.24) is 0 Å². The van der Waals surface area contributed by atoms with E-state index >= 15 is 0 Å². The maximum absolute atomic E-state index is 9.84. The third kappa shape index (κ3) is 1.95. The van der Waals surface area contributed by atoms with Gasteiger partial charge in [0.1, 0.15) is 0 Å². The summed E-state index contributed by atoms with van der Waals surface area (Å²) in [6.07, 6.45) is 6.67. The SMILES string of the molecule is C[C@H]1C[C@@H](O)[C@@H]2C=C(Cl)C=C[C@@H]2S1. The van der Waals surface area contributed by atoms with Crippen molar-refractivity contribution in [3.63, 3.8) is 0 Å². The first-order valence-corrected chi connectivity index (χ1v) is 5.88. The summed E-state index contributed by atoms with van der Waals surface area (Å²) in [5.74, 6) is 0.221. The van der Waals surface area contributed by atoms with E-state index in [0.29, 0.717) is 10.5 Å². The standard InChI is InChI=1S/C10H13ClOS/c1-6-4-9(12)8-5-7(11)2-3-10(8)13-6/h2-3,5-6,8-10,12H,4H2,1H3/t6-,8-,9+,10-/m0/s1. The number of hydrogen-bond acceptors (Lipinski definition) is 2. The average molecular weight is 217 g/mol. The van der Waals surface area contributed by atoms with Crippen LogP contribution in [0.5, 0.6) is 0 Å². The predicted octanol–water partition coefficient (Wildman–Crippen LogP) is 2.55. The van der Waals surface area contributed by atoms with Crippen molar-refractivity contribution in [2.45, 2.75) is 29.9 Å². The van der Waals surface area contributed by atoms with Crippen LogP contribution in [0.3, 0.4) is 0 Å². The van der Waals surface area contributed by atoms with Gasteiger partial charge in [0.15, 0.2) is 0 Å². The number of thioether (sulfide) groups is 1. The van der Waals surface area contributed by atoms with Gasteiger partial charge in [-0.05, 0) is 12.5 Å². The fourth-order valence-corrected chi connectivity index (χ4v) is 3.61. The van der Waals surface area contributed by atoms with Gasteiger partial charge < -0.3 is 5.11 Å². The normalized spacial score (nSPS) is 44.1. The Balaban J connectivity index is 2.17. The van der Waals surface area contributed by atoms with E-state index < -0.39 is 0 Å². The number of aliphatic hydroxyl groups excluding tert-OH is 1. The molecule has 0 saturated carbocycles. The first-order chi connectivity index (χ1) is 6.16. The molecule has 13 heavy (non-hydrogen) atoms. The van der Waals surface area contributed by atoms with Gasteiger partial charge in [0.2, 0.25) is 0 Å². The van der Waals surface area contributed by atoms with E-state index in [9.17, 15) is 5.11 Å². The Morgan fingerprint density at radius 2 is 2.38 bits per heavy atom. The zero-order chi connectivity index (χ0) is 9.42. The van der Waals surface area contributed by atoms with Crippen LogP contribution in [0.4, 0.5) is 0 Å². The lowest BCUT2D eigenvalue weighted by Gasteiger charge is -2.36. The maximum Gasteiger partial charge on any atom is 0.0627 e. The molecule has 0 aromatic heterocycles. The summed E-state index contributed by atoms with van der Waals surface area (Å²) >= 11 is 7.82. The first-order valence-electron chi connectivity index (χ1n) is 4.56. The number of aliphatic hydroxyl groups is 1. The predicted molar refractivity (Wildman–Crippen MR) is 58.0 cm³/mol. The monoisotopic (exact) mass is 216 g/mol. The molecule has 1 aliphatic carbocycles. The molecule has 1 fully saturated rings. The molecular weight excluding hydrogens is 204 g/mol. The summed E-state index contributed by atoms with van der Waals surface area (Å²) in [7, 11) is 0. The van der Waals surface area contributed by atoms with Gasteiger partial charge in [0.05, 0.1) is 6.10 Å². The molecule has 0 radical (unpaired) electrons. The zero-order valence-corrected chi connectivity index (χ0v) is 9.05. The van der Waals surface area contributed by atoms with Crippen molar-refractivity contribution in [1.29, 1.82) is 0 Å². The minimum atomic E-state index is -0.222. The Labute approximate surface area is 87.9 Å². The lowest BCUT2D eigenvalue weighted by Crippen LogP contribution is -2.36. The molecule has 0 aromatic rings. The van der Waals surface area contributed by atoms with E-state index in [1.807, 2.05) is 23.9 Å². The van der Waals surface area contributed by atoms with Crippen LogP contribution in [0.25, 0.3) is 0 Å². The topological polar surface area (TPSA) is 20.2 Å². The lowest BCUT2D eigenvalue weighted by molar-refractivity contribution is 0.118. The Bertz CT molecular complexity index is 262. The molecule has 1 aliphatic heterocycles. The van der Waals surface area contributed by atoms with E-state index in [4.69, 9.17) is 11.6 Å². The van der Waals surface area contributed by atoms with Gasteiger partial charge in [-0.25, -0.2) is 0 Å². The van der Waals surface area contributed by atoms with Crippen LogP contribution in [0, 0.1) is 5.92 Å².